The van der Waals surface area contributed by atoms with Gasteiger partial charge >= 0.3 is 0 Å². The van der Waals surface area contributed by atoms with Crippen molar-refractivity contribution in [2.45, 2.75) is 65.0 Å². The predicted octanol–water partition coefficient (Wildman–Crippen LogP) is 5.25. The van der Waals surface area contributed by atoms with E-state index in [1.54, 1.807) is 14.2 Å². The minimum atomic E-state index is -0.704. The van der Waals surface area contributed by atoms with Crippen LogP contribution >= 0.6 is 21.6 Å². The molecule has 0 spiro atoms. The second kappa shape index (κ2) is 16.4. The molecule has 278 valence electrons. The molecule has 12 nitrogen and oxygen atoms in total. The third kappa shape index (κ3) is 7.57. The van der Waals surface area contributed by atoms with Crippen molar-refractivity contribution in [3.05, 3.63) is 72.6 Å². The van der Waals surface area contributed by atoms with Crippen LogP contribution in [0.3, 0.4) is 0 Å². The molecule has 0 bridgehead atoms. The Balaban J connectivity index is 1.05. The van der Waals surface area contributed by atoms with E-state index in [1.165, 1.54) is 21.6 Å². The van der Waals surface area contributed by atoms with E-state index in [2.05, 4.69) is 36.8 Å². The van der Waals surface area contributed by atoms with E-state index in [0.29, 0.717) is 37.7 Å². The van der Waals surface area contributed by atoms with Gasteiger partial charge in [0.15, 0.2) is 0 Å². The monoisotopic (exact) mass is 746 g/mol. The maximum Gasteiger partial charge on any atom is 0.241 e. The number of fused-ring (bicyclic) bond motifs is 2. The molecule has 4 heterocycles. The lowest BCUT2D eigenvalue weighted by Crippen LogP contribution is -2.51. The van der Waals surface area contributed by atoms with Crippen LogP contribution in [0.25, 0.3) is 22.5 Å². The normalized spacial score (nSPS) is 18.3. The van der Waals surface area contributed by atoms with Crippen LogP contribution in [-0.2, 0) is 22.7 Å². The van der Waals surface area contributed by atoms with Crippen LogP contribution < -0.4 is 20.9 Å². The Morgan fingerprint density at radius 2 is 1.08 bits per heavy atom. The smallest absolute Gasteiger partial charge is 0.241 e. The van der Waals surface area contributed by atoms with Gasteiger partial charge in [0, 0.05) is 61.2 Å². The van der Waals surface area contributed by atoms with Gasteiger partial charge < -0.3 is 39.9 Å². The molecule has 4 N–H and O–H groups in total. The van der Waals surface area contributed by atoms with Gasteiger partial charge in [-0.25, -0.2) is 9.97 Å². The van der Waals surface area contributed by atoms with Gasteiger partial charge in [-0.15, -0.1) is 0 Å². The van der Waals surface area contributed by atoms with Crippen LogP contribution in [0.2, 0.25) is 0 Å². The second-order valence-electron chi connectivity index (χ2n) is 14.0. The largest absolute Gasteiger partial charge is 0.496 e. The van der Waals surface area contributed by atoms with Gasteiger partial charge in [0.25, 0.3) is 0 Å². The number of amides is 2. The molecule has 6 rings (SSSR count). The van der Waals surface area contributed by atoms with Crippen molar-refractivity contribution in [3.8, 4) is 34.0 Å². The summed E-state index contributed by atoms with van der Waals surface area (Å²) in [6, 6.07) is 13.8. The zero-order valence-electron chi connectivity index (χ0n) is 30.8. The first-order valence-corrected chi connectivity index (χ1v) is 20.3. The molecule has 52 heavy (non-hydrogen) atoms. The van der Waals surface area contributed by atoms with E-state index >= 15 is 0 Å². The average Bonchev–Trinajstić information content (AvgIpc) is 3.79. The molecule has 0 saturated carbocycles. The number of carbonyl (C=O) groups excluding carboxylic acids is 2. The summed E-state index contributed by atoms with van der Waals surface area (Å²) in [4.78, 5) is 41.4. The molecule has 4 unspecified atom stereocenters. The number of nitrogens with two attached hydrogens (primary N) is 2. The zero-order chi connectivity index (χ0) is 37.1. The quantitative estimate of drug-likeness (QED) is 0.138. The van der Waals surface area contributed by atoms with Crippen molar-refractivity contribution in [1.82, 2.24) is 28.9 Å². The number of hydrogen-bond donors (Lipinski definition) is 2. The van der Waals surface area contributed by atoms with E-state index in [0.717, 1.165) is 45.7 Å². The van der Waals surface area contributed by atoms with Crippen molar-refractivity contribution in [2.24, 2.45) is 23.3 Å². The summed E-state index contributed by atoms with van der Waals surface area (Å²) in [5.74, 6) is 4.07. The maximum atomic E-state index is 13.8. The Labute approximate surface area is 314 Å². The summed E-state index contributed by atoms with van der Waals surface area (Å²) in [5.41, 5.74) is 16.5. The fourth-order valence-electron chi connectivity index (χ4n) is 7.27. The SMILES string of the molecule is COc1ccccc1-c1cn2c(n1)C(C(C)C)N(C(=O)C(N)CSSCC(N)C(=O)N1CCn3cc(-c4ccccc4OC)nc3C1C(C)C)CC2. The maximum absolute atomic E-state index is 13.8. The Morgan fingerprint density at radius 3 is 1.44 bits per heavy atom. The molecule has 2 amide bonds. The minimum Gasteiger partial charge on any atom is -0.496 e. The molecule has 0 fully saturated rings. The summed E-state index contributed by atoms with van der Waals surface area (Å²) >= 11 is 0. The van der Waals surface area contributed by atoms with Crippen LogP contribution in [0.1, 0.15) is 51.4 Å². The first-order chi connectivity index (χ1) is 25.0. The lowest BCUT2D eigenvalue weighted by atomic mass is 9.99. The first-order valence-electron chi connectivity index (χ1n) is 17.8. The first kappa shape index (κ1) is 37.8. The number of methoxy groups -OCH3 is 2. The lowest BCUT2D eigenvalue weighted by Gasteiger charge is -2.39. The van der Waals surface area contributed by atoms with Gasteiger partial charge in [-0.2, -0.15) is 0 Å². The molecule has 2 aromatic heterocycles. The highest BCUT2D eigenvalue weighted by Crippen LogP contribution is 2.38. The number of rotatable bonds is 13. The molecule has 0 saturated heterocycles. The van der Waals surface area contributed by atoms with Crippen molar-refractivity contribution in [3.63, 3.8) is 0 Å². The van der Waals surface area contributed by atoms with Gasteiger partial charge in [0.05, 0.1) is 49.8 Å². The molecular formula is C38H50N8O4S2. The Morgan fingerprint density at radius 1 is 0.692 bits per heavy atom. The number of benzene rings is 2. The topological polar surface area (TPSA) is 147 Å². The molecule has 2 aliphatic rings. The van der Waals surface area contributed by atoms with Gasteiger partial charge in [-0.05, 0) is 36.1 Å². The third-order valence-corrected chi connectivity index (χ3v) is 12.3. The molecule has 4 atom stereocenters. The number of ether oxygens (including phenoxy) is 2. The van der Waals surface area contributed by atoms with Gasteiger partial charge in [-0.3, -0.25) is 9.59 Å². The van der Waals surface area contributed by atoms with Crippen LogP contribution in [0, 0.1) is 11.8 Å². The minimum absolute atomic E-state index is 0.101. The fourth-order valence-corrected chi connectivity index (χ4v) is 9.50. The molecule has 0 radical (unpaired) electrons. The van der Waals surface area contributed by atoms with Crippen molar-refractivity contribution < 1.29 is 19.1 Å². The molecule has 2 aromatic carbocycles. The summed E-state index contributed by atoms with van der Waals surface area (Å²) < 4.78 is 15.4. The van der Waals surface area contributed by atoms with Crippen molar-refractivity contribution in [2.75, 3.05) is 38.8 Å². The van der Waals surface area contributed by atoms with Crippen LogP contribution in [0.4, 0.5) is 0 Å². The summed E-state index contributed by atoms with van der Waals surface area (Å²) in [7, 11) is 6.26. The second-order valence-corrected chi connectivity index (χ2v) is 16.5. The summed E-state index contributed by atoms with van der Waals surface area (Å²) in [6.07, 6.45) is 4.09. The van der Waals surface area contributed by atoms with Gasteiger partial charge in [0.2, 0.25) is 11.8 Å². The highest BCUT2D eigenvalue weighted by molar-refractivity contribution is 8.76. The number of aromatic nitrogens is 4. The number of para-hydroxylation sites is 2. The Hall–Kier alpha value is -3.98. The van der Waals surface area contributed by atoms with E-state index in [1.807, 2.05) is 70.7 Å². The number of imidazole rings is 2. The highest BCUT2D eigenvalue weighted by Gasteiger charge is 2.39. The van der Waals surface area contributed by atoms with E-state index in [-0.39, 0.29) is 35.7 Å². The molecule has 14 heteroatoms. The van der Waals surface area contributed by atoms with Crippen molar-refractivity contribution >= 4 is 33.4 Å². The standard InChI is InChI=1S/C38H50N8O4S2/c1-23(2)33-35-41-29(25-11-7-9-13-31(25)49-5)19-43(35)15-17-45(33)37(47)27(39)21-51-52-22-28(40)38(48)46-18-16-44-20-30(42-36(44)34(46)24(3)4)26-12-8-10-14-32(26)50-6/h7-14,19-20,23-24,27-28,33-34H,15-18,21-22,39-40H2,1-6H3. The third-order valence-electron chi connectivity index (χ3n) is 9.79. The Bertz CT molecular complexity index is 1740. The van der Waals surface area contributed by atoms with Gasteiger partial charge in [0.1, 0.15) is 23.1 Å². The van der Waals surface area contributed by atoms with E-state index < -0.39 is 12.1 Å². The zero-order valence-corrected chi connectivity index (χ0v) is 32.4. The molecule has 4 aromatic rings. The Kier molecular flexibility index (Phi) is 11.9. The summed E-state index contributed by atoms with van der Waals surface area (Å²) in [6.45, 7) is 10.8. The summed E-state index contributed by atoms with van der Waals surface area (Å²) in [5, 5.41) is 0. The molecule has 0 aliphatic carbocycles. The van der Waals surface area contributed by atoms with Crippen molar-refractivity contribution in [1.29, 1.82) is 0 Å². The average molecular weight is 747 g/mol. The predicted molar refractivity (Wildman–Crippen MR) is 208 cm³/mol. The van der Waals surface area contributed by atoms with E-state index in [4.69, 9.17) is 30.9 Å². The molecule has 2 aliphatic heterocycles. The van der Waals surface area contributed by atoms with Crippen LogP contribution in [-0.4, -0.2) is 91.6 Å². The van der Waals surface area contributed by atoms with Gasteiger partial charge in [-0.1, -0.05) is 73.5 Å². The number of carbonyl (C=O) groups is 2. The highest BCUT2D eigenvalue weighted by atomic mass is 33.1. The molecular weight excluding hydrogens is 697 g/mol. The fraction of sp³-hybridized carbons (Fsp3) is 0.474. The van der Waals surface area contributed by atoms with E-state index in [9.17, 15) is 9.59 Å². The van der Waals surface area contributed by atoms with Crippen LogP contribution in [0.5, 0.6) is 11.5 Å². The lowest BCUT2D eigenvalue weighted by molar-refractivity contribution is -0.137. The van der Waals surface area contributed by atoms with Crippen LogP contribution in [0.15, 0.2) is 60.9 Å². The number of nitrogens with zero attached hydrogens (tertiary/aromatic N) is 6. The number of hydrogen-bond acceptors (Lipinski definition) is 10.